The highest BCUT2D eigenvalue weighted by molar-refractivity contribution is 6.35. The Bertz CT molecular complexity index is 1000. The Morgan fingerprint density at radius 1 is 1.14 bits per heavy atom. The van der Waals surface area contributed by atoms with E-state index in [0.29, 0.717) is 47.6 Å². The molecule has 1 aromatic carbocycles. The third kappa shape index (κ3) is 3.83. The molecule has 1 atom stereocenters. The van der Waals surface area contributed by atoms with Crippen LogP contribution in [0.25, 0.3) is 5.65 Å². The van der Waals surface area contributed by atoms with Crippen LogP contribution in [0.4, 0.5) is 5.82 Å². The predicted molar refractivity (Wildman–Crippen MR) is 106 cm³/mol. The summed E-state index contributed by atoms with van der Waals surface area (Å²) in [5.74, 6) is 1.20. The van der Waals surface area contributed by atoms with E-state index in [1.807, 2.05) is 12.1 Å². The zero-order chi connectivity index (χ0) is 19.7. The summed E-state index contributed by atoms with van der Waals surface area (Å²) in [6.45, 7) is 4.26. The highest BCUT2D eigenvalue weighted by Crippen LogP contribution is 2.28. The molecule has 28 heavy (non-hydrogen) atoms. The van der Waals surface area contributed by atoms with Gasteiger partial charge in [-0.3, -0.25) is 4.79 Å². The lowest BCUT2D eigenvalue weighted by atomic mass is 10.2. The second-order valence-electron chi connectivity index (χ2n) is 6.47. The molecule has 1 aliphatic heterocycles. The van der Waals surface area contributed by atoms with Gasteiger partial charge >= 0.3 is 0 Å². The van der Waals surface area contributed by atoms with E-state index in [-0.39, 0.29) is 5.91 Å². The summed E-state index contributed by atoms with van der Waals surface area (Å²) in [7, 11) is 0. The third-order valence-electron chi connectivity index (χ3n) is 4.61. The Labute approximate surface area is 171 Å². The maximum absolute atomic E-state index is 12.7. The molecule has 146 valence electrons. The Morgan fingerprint density at radius 3 is 2.68 bits per heavy atom. The predicted octanol–water partition coefficient (Wildman–Crippen LogP) is 2.55. The summed E-state index contributed by atoms with van der Waals surface area (Å²) in [5.41, 5.74) is 0.699. The maximum atomic E-state index is 12.7. The number of benzene rings is 1. The van der Waals surface area contributed by atoms with Gasteiger partial charge in [-0.2, -0.15) is 4.52 Å². The van der Waals surface area contributed by atoms with E-state index in [9.17, 15) is 4.79 Å². The molecule has 10 heteroatoms. The summed E-state index contributed by atoms with van der Waals surface area (Å²) < 4.78 is 7.38. The largest absolute Gasteiger partial charge is 0.479 e. The topological polar surface area (TPSA) is 75.9 Å². The van der Waals surface area contributed by atoms with E-state index < -0.39 is 6.10 Å². The SMILES string of the molecule is C[C@H](Oc1ccc(Cl)cc1Cl)C(=O)N1CCN(c2ccc3nncn3n2)CC1. The van der Waals surface area contributed by atoms with Crippen molar-refractivity contribution < 1.29 is 9.53 Å². The Kier molecular flexibility index (Phi) is 5.23. The zero-order valence-electron chi connectivity index (χ0n) is 15.1. The lowest BCUT2D eigenvalue weighted by molar-refractivity contribution is -0.138. The fraction of sp³-hybridized carbons (Fsp3) is 0.333. The van der Waals surface area contributed by atoms with Crippen molar-refractivity contribution in [2.45, 2.75) is 13.0 Å². The summed E-state index contributed by atoms with van der Waals surface area (Å²) >= 11 is 12.0. The van der Waals surface area contributed by atoms with Gasteiger partial charge in [-0.25, -0.2) is 0 Å². The molecular weight excluding hydrogens is 403 g/mol. The van der Waals surface area contributed by atoms with E-state index >= 15 is 0 Å². The van der Waals surface area contributed by atoms with Gasteiger partial charge in [-0.05, 0) is 37.3 Å². The van der Waals surface area contributed by atoms with Crippen LogP contribution in [0.3, 0.4) is 0 Å². The molecule has 1 amide bonds. The second kappa shape index (κ2) is 7.81. The zero-order valence-corrected chi connectivity index (χ0v) is 16.6. The summed E-state index contributed by atoms with van der Waals surface area (Å²) in [6.07, 6.45) is 0.927. The monoisotopic (exact) mass is 420 g/mol. The van der Waals surface area contributed by atoms with Crippen molar-refractivity contribution in [1.82, 2.24) is 24.7 Å². The van der Waals surface area contributed by atoms with Crippen LogP contribution in [0, 0.1) is 0 Å². The van der Waals surface area contributed by atoms with Gasteiger partial charge in [0.2, 0.25) is 0 Å². The van der Waals surface area contributed by atoms with E-state index in [4.69, 9.17) is 27.9 Å². The second-order valence-corrected chi connectivity index (χ2v) is 7.32. The fourth-order valence-electron chi connectivity index (χ4n) is 3.11. The number of fused-ring (bicyclic) bond motifs is 1. The minimum absolute atomic E-state index is 0.0760. The first kappa shape index (κ1) is 18.8. The van der Waals surface area contributed by atoms with Crippen LogP contribution >= 0.6 is 23.2 Å². The quantitative estimate of drug-likeness (QED) is 0.645. The molecule has 0 saturated carbocycles. The molecule has 1 fully saturated rings. The molecule has 0 spiro atoms. The van der Waals surface area contributed by atoms with E-state index in [0.717, 1.165) is 5.82 Å². The Morgan fingerprint density at radius 2 is 1.93 bits per heavy atom. The highest BCUT2D eigenvalue weighted by Gasteiger charge is 2.27. The Balaban J connectivity index is 1.36. The van der Waals surface area contributed by atoms with Crippen molar-refractivity contribution in [2.75, 3.05) is 31.1 Å². The number of halogens is 2. The van der Waals surface area contributed by atoms with Gasteiger partial charge in [0.15, 0.2) is 11.8 Å². The number of carbonyl (C=O) groups is 1. The third-order valence-corrected chi connectivity index (χ3v) is 5.14. The average Bonchev–Trinajstić information content (AvgIpc) is 3.17. The summed E-state index contributed by atoms with van der Waals surface area (Å²) in [4.78, 5) is 16.7. The van der Waals surface area contributed by atoms with Crippen molar-refractivity contribution in [3.8, 4) is 5.75 Å². The smallest absolute Gasteiger partial charge is 0.263 e. The van der Waals surface area contributed by atoms with E-state index in [1.54, 1.807) is 40.9 Å². The minimum Gasteiger partial charge on any atom is -0.479 e. The number of amides is 1. The van der Waals surface area contributed by atoms with E-state index in [2.05, 4.69) is 20.2 Å². The van der Waals surface area contributed by atoms with Gasteiger partial charge in [0.25, 0.3) is 5.91 Å². The molecule has 3 heterocycles. The van der Waals surface area contributed by atoms with Gasteiger partial charge in [-0.15, -0.1) is 15.3 Å². The molecule has 0 radical (unpaired) electrons. The number of anilines is 1. The molecule has 1 saturated heterocycles. The molecule has 0 N–H and O–H groups in total. The van der Waals surface area contributed by atoms with Crippen molar-refractivity contribution in [3.05, 3.63) is 46.7 Å². The van der Waals surface area contributed by atoms with E-state index in [1.165, 1.54) is 0 Å². The summed E-state index contributed by atoms with van der Waals surface area (Å²) in [5, 5.41) is 13.2. The number of aromatic nitrogens is 4. The molecule has 4 rings (SSSR count). The van der Waals surface area contributed by atoms with Crippen LogP contribution in [0.5, 0.6) is 5.75 Å². The van der Waals surface area contributed by atoms with Gasteiger partial charge in [0, 0.05) is 31.2 Å². The number of carbonyl (C=O) groups excluding carboxylic acids is 1. The lowest BCUT2D eigenvalue weighted by Crippen LogP contribution is -2.52. The molecule has 0 aliphatic carbocycles. The number of ether oxygens (including phenoxy) is 1. The van der Waals surface area contributed by atoms with Gasteiger partial charge in [0.05, 0.1) is 5.02 Å². The molecule has 8 nitrogen and oxygen atoms in total. The van der Waals surface area contributed by atoms with Crippen molar-refractivity contribution in [1.29, 1.82) is 0 Å². The van der Waals surface area contributed by atoms with Gasteiger partial charge in [-0.1, -0.05) is 23.2 Å². The maximum Gasteiger partial charge on any atom is 0.263 e. The normalized spacial score (nSPS) is 15.7. The highest BCUT2D eigenvalue weighted by atomic mass is 35.5. The summed E-state index contributed by atoms with van der Waals surface area (Å²) in [6, 6.07) is 8.72. The van der Waals surface area contributed by atoms with Crippen LogP contribution in [-0.4, -0.2) is 62.9 Å². The van der Waals surface area contributed by atoms with Crippen molar-refractivity contribution in [3.63, 3.8) is 0 Å². The molecule has 3 aromatic rings. The standard InChI is InChI=1S/C18H18Cl2N6O2/c1-12(28-15-3-2-13(19)10-14(15)20)18(27)25-8-6-24(7-9-25)17-5-4-16-22-21-11-26(16)23-17/h2-5,10-12H,6-9H2,1H3/t12-/m0/s1. The number of nitrogens with zero attached hydrogens (tertiary/aromatic N) is 6. The van der Waals surface area contributed by atoms with Crippen LogP contribution in [0.2, 0.25) is 10.0 Å². The van der Waals surface area contributed by atoms with Gasteiger partial charge in [0.1, 0.15) is 17.9 Å². The Hall–Kier alpha value is -2.58. The molecule has 0 unspecified atom stereocenters. The number of rotatable bonds is 4. The van der Waals surface area contributed by atoms with Gasteiger partial charge < -0.3 is 14.5 Å². The molecule has 2 aromatic heterocycles. The lowest BCUT2D eigenvalue weighted by Gasteiger charge is -2.36. The number of hydrogen-bond donors (Lipinski definition) is 0. The van der Waals surface area contributed by atoms with Crippen LogP contribution in [-0.2, 0) is 4.79 Å². The molecular formula is C18H18Cl2N6O2. The first-order chi connectivity index (χ1) is 13.5. The number of hydrogen-bond acceptors (Lipinski definition) is 6. The number of piperazine rings is 1. The van der Waals surface area contributed by atoms with Crippen LogP contribution in [0.1, 0.15) is 6.92 Å². The van der Waals surface area contributed by atoms with Crippen LogP contribution < -0.4 is 9.64 Å². The first-order valence-corrected chi connectivity index (χ1v) is 9.59. The van der Waals surface area contributed by atoms with Crippen molar-refractivity contribution in [2.24, 2.45) is 0 Å². The fourth-order valence-corrected chi connectivity index (χ4v) is 3.56. The minimum atomic E-state index is -0.642. The van der Waals surface area contributed by atoms with Crippen molar-refractivity contribution >= 4 is 40.6 Å². The molecule has 1 aliphatic rings. The van der Waals surface area contributed by atoms with Crippen LogP contribution in [0.15, 0.2) is 36.7 Å². The first-order valence-electron chi connectivity index (χ1n) is 8.84. The molecule has 0 bridgehead atoms. The average molecular weight is 421 g/mol.